The molecule has 0 unspecified atom stereocenters. The van der Waals surface area contributed by atoms with Crippen LogP contribution in [0.25, 0.3) is 0 Å². The number of aliphatic hydroxyl groups is 1. The second kappa shape index (κ2) is 9.48. The van der Waals surface area contributed by atoms with Crippen LogP contribution < -0.4 is 10.6 Å². The van der Waals surface area contributed by atoms with Gasteiger partial charge in [-0.2, -0.15) is 0 Å². The van der Waals surface area contributed by atoms with Gasteiger partial charge in [-0.05, 0) is 27.1 Å². The summed E-state index contributed by atoms with van der Waals surface area (Å²) in [4.78, 5) is 13.2. The average Bonchev–Trinajstić information content (AvgIpc) is 2.19. The molecule has 0 aliphatic heterocycles. The van der Waals surface area contributed by atoms with Crippen LogP contribution in [0.5, 0.6) is 0 Å². The molecule has 0 saturated heterocycles. The van der Waals surface area contributed by atoms with Crippen LogP contribution in [0.15, 0.2) is 12.3 Å². The van der Waals surface area contributed by atoms with Crippen molar-refractivity contribution in [1.82, 2.24) is 15.5 Å². The van der Waals surface area contributed by atoms with Gasteiger partial charge in [0.05, 0.1) is 6.61 Å². The average molecular weight is 215 g/mol. The molecule has 3 N–H and O–H groups in total. The lowest BCUT2D eigenvalue weighted by atomic mass is 10.4. The number of aliphatic hydroxyl groups excluding tert-OH is 1. The summed E-state index contributed by atoms with van der Waals surface area (Å²) in [5.41, 5.74) is 0. The highest BCUT2D eigenvalue weighted by Crippen LogP contribution is 1.81. The van der Waals surface area contributed by atoms with Crippen molar-refractivity contribution in [3.05, 3.63) is 12.3 Å². The minimum absolute atomic E-state index is 0.0643. The Morgan fingerprint density at radius 3 is 2.73 bits per heavy atom. The Kier molecular flexibility index (Phi) is 8.81. The molecule has 0 bridgehead atoms. The first-order chi connectivity index (χ1) is 7.16. The number of carbonyl (C=O) groups excluding carboxylic acids is 1. The molecule has 0 aliphatic carbocycles. The fourth-order valence-electron chi connectivity index (χ4n) is 0.948. The molecular weight excluding hydrogens is 194 g/mol. The van der Waals surface area contributed by atoms with E-state index in [1.54, 1.807) is 0 Å². The maximum absolute atomic E-state index is 11.1. The molecule has 0 heterocycles. The van der Waals surface area contributed by atoms with E-state index in [0.29, 0.717) is 13.1 Å². The van der Waals surface area contributed by atoms with E-state index in [2.05, 4.69) is 15.5 Å². The maximum atomic E-state index is 11.1. The van der Waals surface area contributed by atoms with Gasteiger partial charge in [-0.15, -0.1) is 0 Å². The van der Waals surface area contributed by atoms with Gasteiger partial charge in [0, 0.05) is 25.4 Å². The van der Waals surface area contributed by atoms with Crippen LogP contribution in [-0.4, -0.2) is 56.3 Å². The summed E-state index contributed by atoms with van der Waals surface area (Å²) in [5, 5.41) is 14.0. The predicted molar refractivity (Wildman–Crippen MR) is 60.4 cm³/mol. The molecule has 0 fully saturated rings. The van der Waals surface area contributed by atoms with Crippen molar-refractivity contribution in [2.45, 2.75) is 6.42 Å². The molecule has 5 nitrogen and oxygen atoms in total. The van der Waals surface area contributed by atoms with Gasteiger partial charge < -0.3 is 20.6 Å². The monoisotopic (exact) mass is 215 g/mol. The third-order valence-electron chi connectivity index (χ3n) is 1.69. The minimum Gasteiger partial charge on any atom is -0.395 e. The number of hydrogen-bond donors (Lipinski definition) is 3. The van der Waals surface area contributed by atoms with Crippen molar-refractivity contribution in [3.63, 3.8) is 0 Å². The zero-order valence-corrected chi connectivity index (χ0v) is 9.49. The highest BCUT2D eigenvalue weighted by molar-refractivity contribution is 5.87. The summed E-state index contributed by atoms with van der Waals surface area (Å²) < 4.78 is 0. The third-order valence-corrected chi connectivity index (χ3v) is 1.69. The van der Waals surface area contributed by atoms with E-state index in [0.717, 1.165) is 13.0 Å². The van der Waals surface area contributed by atoms with Gasteiger partial charge in [0.1, 0.15) is 0 Å². The van der Waals surface area contributed by atoms with Crippen LogP contribution in [0.4, 0.5) is 0 Å². The molecule has 0 aromatic carbocycles. The summed E-state index contributed by atoms with van der Waals surface area (Å²) in [5.74, 6) is -0.112. The molecule has 1 amide bonds. The molecule has 15 heavy (non-hydrogen) atoms. The molecule has 0 aromatic heterocycles. The van der Waals surface area contributed by atoms with Crippen LogP contribution in [-0.2, 0) is 4.79 Å². The summed E-state index contributed by atoms with van der Waals surface area (Å²) in [6.07, 6.45) is 3.90. The molecule has 0 rings (SSSR count). The third kappa shape index (κ3) is 10.9. The lowest BCUT2D eigenvalue weighted by Crippen LogP contribution is -2.26. The summed E-state index contributed by atoms with van der Waals surface area (Å²) in [7, 11) is 4.00. The smallest absolute Gasteiger partial charge is 0.245 e. The predicted octanol–water partition coefficient (Wildman–Crippen LogP) is -0.850. The number of nitrogens with one attached hydrogen (secondary N) is 2. The van der Waals surface area contributed by atoms with Crippen molar-refractivity contribution in [2.24, 2.45) is 0 Å². The summed E-state index contributed by atoms with van der Waals surface area (Å²) in [6, 6.07) is 0. The Hall–Kier alpha value is -1.07. The Morgan fingerprint density at radius 1 is 1.40 bits per heavy atom. The normalized spacial score (nSPS) is 10.9. The zero-order chi connectivity index (χ0) is 11.5. The summed E-state index contributed by atoms with van der Waals surface area (Å²) >= 11 is 0. The lowest BCUT2D eigenvalue weighted by molar-refractivity contribution is -0.116. The van der Waals surface area contributed by atoms with E-state index in [4.69, 9.17) is 5.11 Å². The Morgan fingerprint density at radius 2 is 2.13 bits per heavy atom. The Balaban J connectivity index is 3.36. The molecule has 0 radical (unpaired) electrons. The first-order valence-corrected chi connectivity index (χ1v) is 5.10. The molecule has 0 spiro atoms. The van der Waals surface area contributed by atoms with Crippen LogP contribution in [0.3, 0.4) is 0 Å². The van der Waals surface area contributed by atoms with Gasteiger partial charge in [0.15, 0.2) is 0 Å². The topological polar surface area (TPSA) is 64.6 Å². The first-order valence-electron chi connectivity index (χ1n) is 5.10. The van der Waals surface area contributed by atoms with E-state index in [1.807, 2.05) is 14.1 Å². The van der Waals surface area contributed by atoms with Gasteiger partial charge in [-0.3, -0.25) is 4.79 Å². The SMILES string of the molecule is CN(C)CCCNC(=O)C=CNCCO. The molecule has 0 atom stereocenters. The largest absolute Gasteiger partial charge is 0.395 e. The molecule has 0 saturated carbocycles. The minimum atomic E-state index is -0.112. The molecule has 0 aromatic rings. The van der Waals surface area contributed by atoms with E-state index in [-0.39, 0.29) is 12.5 Å². The number of rotatable bonds is 8. The van der Waals surface area contributed by atoms with Gasteiger partial charge in [0.25, 0.3) is 0 Å². The van der Waals surface area contributed by atoms with Crippen molar-refractivity contribution >= 4 is 5.91 Å². The quantitative estimate of drug-likeness (QED) is 0.364. The zero-order valence-electron chi connectivity index (χ0n) is 9.49. The van der Waals surface area contributed by atoms with E-state index in [1.165, 1.54) is 12.3 Å². The Labute approximate surface area is 91.1 Å². The highest BCUT2D eigenvalue weighted by Gasteiger charge is 1.94. The second-order valence-electron chi connectivity index (χ2n) is 3.46. The van der Waals surface area contributed by atoms with E-state index < -0.39 is 0 Å². The number of hydrogen-bond acceptors (Lipinski definition) is 4. The molecule has 5 heteroatoms. The van der Waals surface area contributed by atoms with E-state index >= 15 is 0 Å². The van der Waals surface area contributed by atoms with Gasteiger partial charge in [-0.25, -0.2) is 0 Å². The molecule has 88 valence electrons. The van der Waals surface area contributed by atoms with Crippen molar-refractivity contribution < 1.29 is 9.90 Å². The molecule has 0 aliphatic rings. The number of amides is 1. The fraction of sp³-hybridized carbons (Fsp3) is 0.700. The van der Waals surface area contributed by atoms with Crippen molar-refractivity contribution in [1.29, 1.82) is 0 Å². The van der Waals surface area contributed by atoms with Gasteiger partial charge in [-0.1, -0.05) is 0 Å². The maximum Gasteiger partial charge on any atom is 0.245 e. The second-order valence-corrected chi connectivity index (χ2v) is 3.46. The van der Waals surface area contributed by atoms with Crippen molar-refractivity contribution in [3.8, 4) is 0 Å². The van der Waals surface area contributed by atoms with Crippen LogP contribution >= 0.6 is 0 Å². The fourth-order valence-corrected chi connectivity index (χ4v) is 0.948. The highest BCUT2D eigenvalue weighted by atomic mass is 16.3. The lowest BCUT2D eigenvalue weighted by Gasteiger charge is -2.08. The standard InChI is InChI=1S/C10H21N3O2/c1-13(2)8-3-5-12-10(15)4-6-11-7-9-14/h4,6,11,14H,3,5,7-9H2,1-2H3,(H,12,15). The summed E-state index contributed by atoms with van der Waals surface area (Å²) in [6.45, 7) is 2.17. The van der Waals surface area contributed by atoms with Gasteiger partial charge >= 0.3 is 0 Å². The van der Waals surface area contributed by atoms with Crippen LogP contribution in [0.2, 0.25) is 0 Å². The number of nitrogens with zero attached hydrogens (tertiary/aromatic N) is 1. The van der Waals surface area contributed by atoms with Crippen molar-refractivity contribution in [2.75, 3.05) is 40.3 Å². The number of carbonyl (C=O) groups is 1. The van der Waals surface area contributed by atoms with E-state index in [9.17, 15) is 4.79 Å². The first kappa shape index (κ1) is 13.9. The molecular formula is C10H21N3O2. The van der Waals surface area contributed by atoms with Gasteiger partial charge in [0.2, 0.25) is 5.91 Å². The Bertz CT molecular complexity index is 193. The van der Waals surface area contributed by atoms with Crippen LogP contribution in [0, 0.1) is 0 Å². The van der Waals surface area contributed by atoms with Crippen LogP contribution in [0.1, 0.15) is 6.42 Å².